The molecule has 7 atom stereocenters. The maximum absolute atomic E-state index is 12.6. The number of carboxylic acid groups (broad SMARTS) is 1. The van der Waals surface area contributed by atoms with Crippen molar-refractivity contribution in [2.24, 2.45) is 28.6 Å². The van der Waals surface area contributed by atoms with E-state index in [1.165, 1.54) is 19.4 Å². The Labute approximate surface area is 187 Å². The summed E-state index contributed by atoms with van der Waals surface area (Å²) in [6, 6.07) is 0. The number of hydrogen-bond donors (Lipinski definition) is 3. The third-order valence-electron chi connectivity index (χ3n) is 8.15. The highest BCUT2D eigenvalue weighted by Gasteiger charge is 2.55. The van der Waals surface area contributed by atoms with E-state index >= 15 is 0 Å². The summed E-state index contributed by atoms with van der Waals surface area (Å²) >= 11 is 0. The standard InChI is InChI=1S/C25H42O6/c1-15(12-21(27)28)8-10-19-16(2)9-11-20-23(4,5)13-18(14-24(19,20)6)31-22(29)25(7,30)17(3)26/h9,15,17-20,26,30H,8,10-14H2,1-7H3,(H,27,28). The van der Waals surface area contributed by atoms with Crippen molar-refractivity contribution >= 4 is 11.9 Å². The Morgan fingerprint density at radius 1 is 1.26 bits per heavy atom. The summed E-state index contributed by atoms with van der Waals surface area (Å²) in [7, 11) is 0. The first-order valence-corrected chi connectivity index (χ1v) is 11.6. The fraction of sp³-hybridized carbons (Fsp3) is 0.840. The molecule has 178 valence electrons. The Morgan fingerprint density at radius 3 is 2.42 bits per heavy atom. The predicted octanol–water partition coefficient (Wildman–Crippen LogP) is 4.33. The molecule has 0 saturated heterocycles. The van der Waals surface area contributed by atoms with Gasteiger partial charge in [0.15, 0.2) is 5.60 Å². The van der Waals surface area contributed by atoms with Crippen LogP contribution in [-0.4, -0.2) is 45.1 Å². The predicted molar refractivity (Wildman–Crippen MR) is 119 cm³/mol. The molecule has 6 heteroatoms. The maximum Gasteiger partial charge on any atom is 0.340 e. The van der Waals surface area contributed by atoms with Gasteiger partial charge >= 0.3 is 11.9 Å². The van der Waals surface area contributed by atoms with Crippen molar-refractivity contribution in [2.75, 3.05) is 0 Å². The number of fused-ring (bicyclic) bond motifs is 1. The van der Waals surface area contributed by atoms with Crippen LogP contribution in [0.25, 0.3) is 0 Å². The van der Waals surface area contributed by atoms with Crippen LogP contribution in [0.3, 0.4) is 0 Å². The van der Waals surface area contributed by atoms with Gasteiger partial charge in [0.25, 0.3) is 0 Å². The van der Waals surface area contributed by atoms with Crippen molar-refractivity contribution in [2.45, 2.75) is 105 Å². The molecule has 7 unspecified atom stereocenters. The largest absolute Gasteiger partial charge is 0.481 e. The van der Waals surface area contributed by atoms with Crippen LogP contribution in [0.4, 0.5) is 0 Å². The molecule has 0 amide bonds. The monoisotopic (exact) mass is 438 g/mol. The Balaban J connectivity index is 2.25. The van der Waals surface area contributed by atoms with E-state index in [1.54, 1.807) is 0 Å². The van der Waals surface area contributed by atoms with Gasteiger partial charge in [-0.05, 0) is 81.5 Å². The number of aliphatic hydroxyl groups excluding tert-OH is 1. The number of aliphatic carboxylic acids is 1. The number of rotatable bonds is 8. The maximum atomic E-state index is 12.6. The molecule has 0 spiro atoms. The van der Waals surface area contributed by atoms with Crippen molar-refractivity contribution in [3.8, 4) is 0 Å². The molecule has 0 aliphatic heterocycles. The highest BCUT2D eigenvalue weighted by molar-refractivity contribution is 5.79. The van der Waals surface area contributed by atoms with Crippen LogP contribution in [0.1, 0.15) is 87.0 Å². The first-order chi connectivity index (χ1) is 14.1. The summed E-state index contributed by atoms with van der Waals surface area (Å²) in [5.74, 6) is -0.708. The van der Waals surface area contributed by atoms with Gasteiger partial charge in [0.1, 0.15) is 6.10 Å². The SMILES string of the molecule is CC1=CCC2C(C)(C)CC(OC(=O)C(C)(O)C(C)O)CC2(C)C1CCC(C)CC(=O)O. The quantitative estimate of drug-likeness (QED) is 0.385. The second-order valence-corrected chi connectivity index (χ2v) is 11.3. The number of aliphatic hydroxyl groups is 2. The molecule has 2 aliphatic carbocycles. The first kappa shape index (κ1) is 25.9. The lowest BCUT2D eigenvalue weighted by Gasteiger charge is -2.58. The molecule has 6 nitrogen and oxygen atoms in total. The number of allylic oxidation sites excluding steroid dienone is 2. The zero-order valence-corrected chi connectivity index (χ0v) is 20.3. The molecule has 0 radical (unpaired) electrons. The van der Waals surface area contributed by atoms with Crippen molar-refractivity contribution < 1.29 is 29.6 Å². The van der Waals surface area contributed by atoms with Gasteiger partial charge < -0.3 is 20.1 Å². The first-order valence-electron chi connectivity index (χ1n) is 11.6. The summed E-state index contributed by atoms with van der Waals surface area (Å²) in [6.45, 7) is 13.6. The van der Waals surface area contributed by atoms with Gasteiger partial charge in [0.2, 0.25) is 0 Å². The van der Waals surface area contributed by atoms with Crippen LogP contribution < -0.4 is 0 Å². The molecule has 3 N–H and O–H groups in total. The van der Waals surface area contributed by atoms with Gasteiger partial charge in [-0.1, -0.05) is 39.3 Å². The van der Waals surface area contributed by atoms with Crippen LogP contribution >= 0.6 is 0 Å². The molecule has 0 bridgehead atoms. The number of hydrogen-bond acceptors (Lipinski definition) is 5. The van der Waals surface area contributed by atoms with Crippen LogP contribution in [-0.2, 0) is 14.3 Å². The number of carboxylic acids is 1. The molecular weight excluding hydrogens is 396 g/mol. The van der Waals surface area contributed by atoms with Gasteiger partial charge in [0.05, 0.1) is 6.10 Å². The Hall–Kier alpha value is -1.40. The summed E-state index contributed by atoms with van der Waals surface area (Å²) in [6.07, 6.45) is 5.11. The zero-order chi connectivity index (χ0) is 23.8. The van der Waals surface area contributed by atoms with Crippen LogP contribution in [0.2, 0.25) is 0 Å². The number of ether oxygens (including phenoxy) is 1. The molecule has 0 heterocycles. The highest BCUT2D eigenvalue weighted by Crippen LogP contribution is 2.61. The fourth-order valence-electron chi connectivity index (χ4n) is 6.20. The Bertz CT molecular complexity index is 707. The fourth-order valence-corrected chi connectivity index (χ4v) is 6.20. The molecule has 0 aromatic heterocycles. The van der Waals surface area contributed by atoms with E-state index in [2.05, 4.69) is 33.8 Å². The summed E-state index contributed by atoms with van der Waals surface area (Å²) in [5, 5.41) is 29.2. The molecule has 2 rings (SSSR count). The van der Waals surface area contributed by atoms with Crippen molar-refractivity contribution in [1.82, 2.24) is 0 Å². The van der Waals surface area contributed by atoms with Gasteiger partial charge in [-0.25, -0.2) is 4.79 Å². The number of carbonyl (C=O) groups is 2. The van der Waals surface area contributed by atoms with Gasteiger partial charge in [-0.15, -0.1) is 0 Å². The minimum atomic E-state index is -1.93. The van der Waals surface area contributed by atoms with E-state index in [4.69, 9.17) is 9.84 Å². The average molecular weight is 439 g/mol. The van der Waals surface area contributed by atoms with E-state index < -0.39 is 23.6 Å². The van der Waals surface area contributed by atoms with Crippen LogP contribution in [0, 0.1) is 28.6 Å². The lowest BCUT2D eigenvalue weighted by atomic mass is 9.47. The molecule has 31 heavy (non-hydrogen) atoms. The topological polar surface area (TPSA) is 104 Å². The zero-order valence-electron chi connectivity index (χ0n) is 20.3. The molecule has 1 saturated carbocycles. The minimum Gasteiger partial charge on any atom is -0.481 e. The lowest BCUT2D eigenvalue weighted by Crippen LogP contribution is -2.55. The van der Waals surface area contributed by atoms with Crippen LogP contribution in [0.5, 0.6) is 0 Å². The molecule has 1 fully saturated rings. The van der Waals surface area contributed by atoms with Gasteiger partial charge in [-0.3, -0.25) is 4.79 Å². The molecule has 0 aromatic rings. The Kier molecular flexibility index (Phi) is 7.69. The molecule has 2 aliphatic rings. The molecule has 0 aromatic carbocycles. The highest BCUT2D eigenvalue weighted by atomic mass is 16.6. The third-order valence-corrected chi connectivity index (χ3v) is 8.15. The molecular formula is C25H42O6. The van der Waals surface area contributed by atoms with Crippen molar-refractivity contribution in [3.63, 3.8) is 0 Å². The van der Waals surface area contributed by atoms with Crippen molar-refractivity contribution in [3.05, 3.63) is 11.6 Å². The van der Waals surface area contributed by atoms with Crippen LogP contribution in [0.15, 0.2) is 11.6 Å². The van der Waals surface area contributed by atoms with E-state index in [0.717, 1.165) is 19.3 Å². The van der Waals surface area contributed by atoms with Crippen molar-refractivity contribution in [1.29, 1.82) is 0 Å². The third kappa shape index (κ3) is 5.51. The summed E-state index contributed by atoms with van der Waals surface area (Å²) in [4.78, 5) is 23.7. The average Bonchev–Trinajstić information content (AvgIpc) is 2.58. The van der Waals surface area contributed by atoms with E-state index in [1.807, 2.05) is 6.92 Å². The van der Waals surface area contributed by atoms with E-state index in [-0.39, 0.29) is 29.3 Å². The summed E-state index contributed by atoms with van der Waals surface area (Å²) < 4.78 is 5.78. The second-order valence-electron chi connectivity index (χ2n) is 11.3. The second kappa shape index (κ2) is 9.22. The number of carbonyl (C=O) groups excluding carboxylic acids is 1. The smallest absolute Gasteiger partial charge is 0.340 e. The van der Waals surface area contributed by atoms with E-state index in [0.29, 0.717) is 24.7 Å². The summed E-state index contributed by atoms with van der Waals surface area (Å²) in [5.41, 5.74) is -0.752. The number of esters is 1. The minimum absolute atomic E-state index is 0.0588. The Morgan fingerprint density at radius 2 is 1.87 bits per heavy atom. The van der Waals surface area contributed by atoms with E-state index in [9.17, 15) is 19.8 Å². The lowest BCUT2D eigenvalue weighted by molar-refractivity contribution is -0.190. The van der Waals surface area contributed by atoms with Gasteiger partial charge in [0, 0.05) is 6.42 Å². The van der Waals surface area contributed by atoms with Gasteiger partial charge in [-0.2, -0.15) is 0 Å². The normalized spacial score (nSPS) is 34.0.